The predicted molar refractivity (Wildman–Crippen MR) is 104 cm³/mol. The molecular formula is C18H20N6O2S. The molecule has 1 saturated heterocycles. The fourth-order valence-electron chi connectivity index (χ4n) is 3.29. The van der Waals surface area contributed by atoms with Crippen LogP contribution >= 0.6 is 11.3 Å². The molecule has 27 heavy (non-hydrogen) atoms. The maximum atomic E-state index is 12.2. The third-order valence-electron chi connectivity index (χ3n) is 4.60. The maximum absolute atomic E-state index is 12.2. The molecule has 1 aliphatic heterocycles. The van der Waals surface area contributed by atoms with Crippen LogP contribution in [0, 0.1) is 12.8 Å². The topological polar surface area (TPSA) is 106 Å². The Morgan fingerprint density at radius 3 is 2.85 bits per heavy atom. The van der Waals surface area contributed by atoms with Gasteiger partial charge in [-0.05, 0) is 18.9 Å². The largest absolute Gasteiger partial charge is 0.365 e. The molecule has 1 fully saturated rings. The van der Waals surface area contributed by atoms with E-state index >= 15 is 0 Å². The molecule has 9 heteroatoms. The summed E-state index contributed by atoms with van der Waals surface area (Å²) in [5.74, 6) is 0.110. The summed E-state index contributed by atoms with van der Waals surface area (Å²) < 4.78 is 1.63. The molecule has 8 nitrogen and oxygen atoms in total. The normalized spacial score (nSPS) is 15.0. The van der Waals surface area contributed by atoms with Gasteiger partial charge in [-0.15, -0.1) is 11.3 Å². The Morgan fingerprint density at radius 1 is 1.37 bits per heavy atom. The van der Waals surface area contributed by atoms with Crippen LogP contribution in [-0.4, -0.2) is 50.9 Å². The van der Waals surface area contributed by atoms with Gasteiger partial charge in [0.1, 0.15) is 4.83 Å². The van der Waals surface area contributed by atoms with E-state index in [1.807, 2.05) is 19.2 Å². The van der Waals surface area contributed by atoms with Gasteiger partial charge < -0.3 is 11.1 Å². The molecule has 0 aliphatic carbocycles. The van der Waals surface area contributed by atoms with Crippen LogP contribution in [0.15, 0.2) is 24.7 Å². The summed E-state index contributed by atoms with van der Waals surface area (Å²) in [5.41, 5.74) is 8.15. The number of likely N-dealkylation sites (tertiary alicyclic amines) is 1. The third kappa shape index (κ3) is 3.43. The van der Waals surface area contributed by atoms with Gasteiger partial charge in [-0.25, -0.2) is 4.52 Å². The second-order valence-electron chi connectivity index (χ2n) is 6.97. The lowest BCUT2D eigenvalue weighted by Crippen LogP contribution is -2.48. The predicted octanol–water partition coefficient (Wildman–Crippen LogP) is 1.76. The number of aryl methyl sites for hydroxylation is 1. The molecule has 4 rings (SSSR count). The average molecular weight is 384 g/mol. The Morgan fingerprint density at radius 2 is 2.15 bits per heavy atom. The van der Waals surface area contributed by atoms with Crippen LogP contribution in [0.2, 0.25) is 0 Å². The van der Waals surface area contributed by atoms with Gasteiger partial charge in [0.25, 0.3) is 5.91 Å². The number of nitrogens with zero attached hydrogens (tertiary/aromatic N) is 4. The zero-order valence-corrected chi connectivity index (χ0v) is 15.9. The minimum Gasteiger partial charge on any atom is -0.365 e. The molecule has 0 radical (unpaired) electrons. The second-order valence-corrected chi connectivity index (χ2v) is 8.00. The first-order valence-corrected chi connectivity index (χ1v) is 9.48. The number of nitrogens with two attached hydrogens (primary N) is 1. The lowest BCUT2D eigenvalue weighted by molar-refractivity contribution is -0.118. The molecule has 3 aromatic heterocycles. The quantitative estimate of drug-likeness (QED) is 0.697. The summed E-state index contributed by atoms with van der Waals surface area (Å²) in [4.78, 5) is 31.9. The van der Waals surface area contributed by atoms with E-state index in [-0.39, 0.29) is 5.91 Å². The highest BCUT2D eigenvalue weighted by Gasteiger charge is 2.24. The Labute approximate surface area is 160 Å². The fraction of sp³-hybridized carbons (Fsp3) is 0.333. The van der Waals surface area contributed by atoms with Crippen molar-refractivity contribution >= 4 is 33.7 Å². The molecule has 0 atom stereocenters. The second kappa shape index (κ2) is 6.75. The van der Waals surface area contributed by atoms with Gasteiger partial charge in [-0.2, -0.15) is 5.10 Å². The average Bonchev–Trinajstić information content (AvgIpc) is 3.15. The minimum atomic E-state index is -0.505. The summed E-state index contributed by atoms with van der Waals surface area (Å²) in [5, 5.41) is 7.09. The minimum absolute atomic E-state index is 0.0458. The number of anilines is 1. The standard InChI is InChI=1S/C18H20N6O2S/c1-10-6-23(7-10)9-16(25)22-12-3-13(11(2)20-4-12)15-8-24-18(27-15)14(5-21-24)17(19)26/h3-5,8,10H,6-7,9H2,1-2H3,(H2,19,26)(H,22,25). The van der Waals surface area contributed by atoms with Crippen LogP contribution in [-0.2, 0) is 4.79 Å². The highest BCUT2D eigenvalue weighted by Crippen LogP contribution is 2.33. The number of rotatable bonds is 5. The number of carbonyl (C=O) groups excluding carboxylic acids is 2. The van der Waals surface area contributed by atoms with Gasteiger partial charge in [-0.1, -0.05) is 6.92 Å². The summed E-state index contributed by atoms with van der Waals surface area (Å²) in [6, 6.07) is 1.90. The van der Waals surface area contributed by atoms with Crippen LogP contribution in [0.5, 0.6) is 0 Å². The fourth-order valence-corrected chi connectivity index (χ4v) is 4.43. The van der Waals surface area contributed by atoms with E-state index in [0.29, 0.717) is 28.5 Å². The van der Waals surface area contributed by atoms with Crippen molar-refractivity contribution in [1.82, 2.24) is 19.5 Å². The summed E-state index contributed by atoms with van der Waals surface area (Å²) in [6.07, 6.45) is 4.96. The number of aromatic nitrogens is 3. The zero-order valence-electron chi connectivity index (χ0n) is 15.1. The highest BCUT2D eigenvalue weighted by molar-refractivity contribution is 7.21. The number of nitrogens with one attached hydrogen (secondary N) is 1. The number of hydrogen-bond acceptors (Lipinski definition) is 6. The smallest absolute Gasteiger partial charge is 0.253 e. The number of thiazole rings is 1. The van der Waals surface area contributed by atoms with Gasteiger partial charge in [0, 0.05) is 30.5 Å². The molecule has 4 heterocycles. The number of primary amides is 1. The first-order chi connectivity index (χ1) is 12.9. The van der Waals surface area contributed by atoms with E-state index in [1.54, 1.807) is 10.7 Å². The van der Waals surface area contributed by atoms with Crippen LogP contribution in [0.3, 0.4) is 0 Å². The summed E-state index contributed by atoms with van der Waals surface area (Å²) in [7, 11) is 0. The summed E-state index contributed by atoms with van der Waals surface area (Å²) >= 11 is 1.42. The number of carbonyl (C=O) groups is 2. The van der Waals surface area contributed by atoms with Gasteiger partial charge in [0.2, 0.25) is 5.91 Å². The molecule has 3 N–H and O–H groups in total. The molecule has 3 aromatic rings. The first-order valence-electron chi connectivity index (χ1n) is 8.67. The SMILES string of the molecule is Cc1ncc(NC(=O)CN2CC(C)C2)cc1-c1cn2ncc(C(N)=O)c2s1. The van der Waals surface area contributed by atoms with Crippen molar-refractivity contribution in [2.45, 2.75) is 13.8 Å². The number of fused-ring (bicyclic) bond motifs is 1. The van der Waals surface area contributed by atoms with Crippen molar-refractivity contribution in [3.05, 3.63) is 35.9 Å². The van der Waals surface area contributed by atoms with Gasteiger partial charge in [0.05, 0.1) is 35.1 Å². The monoisotopic (exact) mass is 384 g/mol. The van der Waals surface area contributed by atoms with E-state index in [0.717, 1.165) is 29.2 Å². The molecule has 0 bridgehead atoms. The van der Waals surface area contributed by atoms with Crippen LogP contribution in [0.25, 0.3) is 15.3 Å². The number of pyridine rings is 1. The summed E-state index contributed by atoms with van der Waals surface area (Å²) in [6.45, 7) is 6.39. The molecule has 140 valence electrons. The van der Waals surface area contributed by atoms with Crippen molar-refractivity contribution in [3.8, 4) is 10.4 Å². The van der Waals surface area contributed by atoms with E-state index in [9.17, 15) is 9.59 Å². The zero-order chi connectivity index (χ0) is 19.1. The van der Waals surface area contributed by atoms with Crippen molar-refractivity contribution in [1.29, 1.82) is 0 Å². The van der Waals surface area contributed by atoms with Gasteiger partial charge >= 0.3 is 0 Å². The lowest BCUT2D eigenvalue weighted by Gasteiger charge is -2.36. The Hall–Kier alpha value is -2.78. The van der Waals surface area contributed by atoms with Crippen molar-refractivity contribution in [2.24, 2.45) is 11.7 Å². The number of hydrogen-bond donors (Lipinski definition) is 2. The van der Waals surface area contributed by atoms with Crippen LogP contribution in [0.1, 0.15) is 23.0 Å². The van der Waals surface area contributed by atoms with E-state index in [4.69, 9.17) is 5.73 Å². The first kappa shape index (κ1) is 17.6. The maximum Gasteiger partial charge on any atom is 0.253 e. The Kier molecular flexibility index (Phi) is 4.40. The van der Waals surface area contributed by atoms with Crippen LogP contribution in [0.4, 0.5) is 5.69 Å². The van der Waals surface area contributed by atoms with E-state index in [1.165, 1.54) is 17.5 Å². The molecule has 0 aromatic carbocycles. The molecule has 0 unspecified atom stereocenters. The van der Waals surface area contributed by atoms with E-state index in [2.05, 4.69) is 27.2 Å². The molecule has 0 saturated carbocycles. The van der Waals surface area contributed by atoms with Crippen molar-refractivity contribution in [3.63, 3.8) is 0 Å². The lowest BCUT2D eigenvalue weighted by atomic mass is 10.0. The molecule has 0 spiro atoms. The van der Waals surface area contributed by atoms with Gasteiger partial charge in [0.15, 0.2) is 0 Å². The van der Waals surface area contributed by atoms with Crippen LogP contribution < -0.4 is 11.1 Å². The Balaban J connectivity index is 1.57. The third-order valence-corrected chi connectivity index (χ3v) is 5.75. The van der Waals surface area contributed by atoms with Gasteiger partial charge in [-0.3, -0.25) is 19.5 Å². The van der Waals surface area contributed by atoms with E-state index < -0.39 is 5.91 Å². The van der Waals surface area contributed by atoms with Crippen molar-refractivity contribution < 1.29 is 9.59 Å². The molecular weight excluding hydrogens is 364 g/mol. The molecule has 2 amide bonds. The highest BCUT2D eigenvalue weighted by atomic mass is 32.1. The molecule has 1 aliphatic rings. The van der Waals surface area contributed by atoms with Crippen molar-refractivity contribution in [2.75, 3.05) is 25.0 Å². The number of amides is 2. The Bertz CT molecular complexity index is 1030.